The van der Waals surface area contributed by atoms with Crippen molar-refractivity contribution in [3.63, 3.8) is 0 Å². The van der Waals surface area contributed by atoms with Gasteiger partial charge in [0.2, 0.25) is 0 Å². The van der Waals surface area contributed by atoms with E-state index in [1.807, 2.05) is 35.2 Å². The molecular formula is C20H30N4O3S. The van der Waals surface area contributed by atoms with Gasteiger partial charge in [-0.2, -0.15) is 12.7 Å². The summed E-state index contributed by atoms with van der Waals surface area (Å²) in [7, 11) is -3.47. The number of fused-ring (bicyclic) bond motifs is 2. The fraction of sp³-hybridized carbons (Fsp3) is 0.650. The van der Waals surface area contributed by atoms with Gasteiger partial charge in [-0.25, -0.2) is 4.72 Å². The van der Waals surface area contributed by atoms with Gasteiger partial charge in [0.25, 0.3) is 16.1 Å². The molecule has 0 aromatic heterocycles. The summed E-state index contributed by atoms with van der Waals surface area (Å²) in [6.45, 7) is 5.93. The first-order valence-corrected chi connectivity index (χ1v) is 11.7. The number of rotatable bonds is 5. The lowest BCUT2D eigenvalue weighted by Crippen LogP contribution is -2.58. The Labute approximate surface area is 167 Å². The second-order valence-electron chi connectivity index (χ2n) is 8.37. The number of piperazine rings is 1. The van der Waals surface area contributed by atoms with Crippen LogP contribution in [0.5, 0.6) is 0 Å². The molecule has 0 spiro atoms. The molecule has 3 aliphatic heterocycles. The summed E-state index contributed by atoms with van der Waals surface area (Å²) in [4.78, 5) is 17.2. The third-order valence-electron chi connectivity index (χ3n) is 6.30. The summed E-state index contributed by atoms with van der Waals surface area (Å²) in [5.41, 5.74) is 0.699. The van der Waals surface area contributed by atoms with Crippen molar-refractivity contribution in [3.05, 3.63) is 35.9 Å². The van der Waals surface area contributed by atoms with Crippen molar-refractivity contribution in [2.24, 2.45) is 5.92 Å². The maximum absolute atomic E-state index is 13.0. The second-order valence-corrected chi connectivity index (χ2v) is 10.1. The monoisotopic (exact) mass is 406 g/mol. The Bertz CT molecular complexity index is 801. The predicted molar refractivity (Wildman–Crippen MR) is 108 cm³/mol. The molecule has 3 aliphatic rings. The zero-order valence-electron chi connectivity index (χ0n) is 16.5. The van der Waals surface area contributed by atoms with E-state index < -0.39 is 10.2 Å². The van der Waals surface area contributed by atoms with Crippen molar-refractivity contribution >= 4 is 16.1 Å². The molecule has 154 valence electrons. The van der Waals surface area contributed by atoms with E-state index in [2.05, 4.69) is 16.5 Å². The first-order chi connectivity index (χ1) is 13.4. The van der Waals surface area contributed by atoms with Crippen LogP contribution >= 0.6 is 0 Å². The minimum absolute atomic E-state index is 0.0170. The van der Waals surface area contributed by atoms with E-state index in [1.54, 1.807) is 4.31 Å². The van der Waals surface area contributed by atoms with Crippen molar-refractivity contribution in [2.45, 2.75) is 38.3 Å². The van der Waals surface area contributed by atoms with Gasteiger partial charge in [-0.05, 0) is 37.3 Å². The second kappa shape index (κ2) is 8.10. The van der Waals surface area contributed by atoms with Crippen molar-refractivity contribution < 1.29 is 13.2 Å². The molecule has 1 aromatic carbocycles. The fourth-order valence-electron chi connectivity index (χ4n) is 4.69. The Morgan fingerprint density at radius 2 is 1.89 bits per heavy atom. The number of hydrogen-bond acceptors (Lipinski definition) is 4. The average molecular weight is 407 g/mol. The molecule has 4 atom stereocenters. The predicted octanol–water partition coefficient (Wildman–Crippen LogP) is 1.15. The average Bonchev–Trinajstić information content (AvgIpc) is 3.11. The van der Waals surface area contributed by atoms with Gasteiger partial charge in [0.15, 0.2) is 0 Å². The molecule has 3 saturated heterocycles. The van der Waals surface area contributed by atoms with Crippen molar-refractivity contribution in [1.82, 2.24) is 18.8 Å². The summed E-state index contributed by atoms with van der Waals surface area (Å²) in [6, 6.07) is 9.60. The topological polar surface area (TPSA) is 73.0 Å². The van der Waals surface area contributed by atoms with Crippen LogP contribution in [-0.2, 0) is 10.2 Å². The van der Waals surface area contributed by atoms with Crippen LogP contribution in [0.2, 0.25) is 0 Å². The van der Waals surface area contributed by atoms with Gasteiger partial charge in [0.1, 0.15) is 0 Å². The van der Waals surface area contributed by atoms with E-state index in [1.165, 1.54) is 0 Å². The molecule has 2 bridgehead atoms. The van der Waals surface area contributed by atoms with Crippen LogP contribution in [0.1, 0.15) is 36.5 Å². The lowest BCUT2D eigenvalue weighted by Gasteiger charge is -2.40. The minimum Gasteiger partial charge on any atom is -0.333 e. The van der Waals surface area contributed by atoms with Gasteiger partial charge in [0.05, 0.1) is 0 Å². The van der Waals surface area contributed by atoms with E-state index >= 15 is 0 Å². The van der Waals surface area contributed by atoms with Crippen molar-refractivity contribution in [3.8, 4) is 0 Å². The molecular weight excluding hydrogens is 376 g/mol. The smallest absolute Gasteiger partial charge is 0.279 e. The van der Waals surface area contributed by atoms with E-state index in [0.29, 0.717) is 37.7 Å². The number of carbonyl (C=O) groups is 1. The molecule has 3 fully saturated rings. The Morgan fingerprint density at radius 3 is 2.64 bits per heavy atom. The molecule has 1 unspecified atom stereocenters. The molecule has 3 heterocycles. The molecule has 1 N–H and O–H groups in total. The molecule has 0 saturated carbocycles. The quantitative estimate of drug-likeness (QED) is 0.796. The van der Waals surface area contributed by atoms with Crippen molar-refractivity contribution in [1.29, 1.82) is 0 Å². The van der Waals surface area contributed by atoms with Gasteiger partial charge >= 0.3 is 0 Å². The van der Waals surface area contributed by atoms with E-state index in [0.717, 1.165) is 32.4 Å². The zero-order chi connectivity index (χ0) is 19.7. The summed E-state index contributed by atoms with van der Waals surface area (Å²) in [5.74, 6) is 0.447. The first kappa shape index (κ1) is 19.8. The zero-order valence-corrected chi connectivity index (χ0v) is 17.3. The van der Waals surface area contributed by atoms with E-state index in [9.17, 15) is 13.2 Å². The summed E-state index contributed by atoms with van der Waals surface area (Å²) in [6.07, 6.45) is 2.95. The summed E-state index contributed by atoms with van der Waals surface area (Å²) in [5, 5.41) is 0. The van der Waals surface area contributed by atoms with E-state index in [-0.39, 0.29) is 18.0 Å². The summed E-state index contributed by atoms with van der Waals surface area (Å²) < 4.78 is 29.9. The molecule has 1 amide bonds. The van der Waals surface area contributed by atoms with Crippen LogP contribution in [0.15, 0.2) is 30.3 Å². The van der Waals surface area contributed by atoms with Crippen molar-refractivity contribution in [2.75, 3.05) is 39.3 Å². The molecule has 0 aliphatic carbocycles. The third-order valence-corrected chi connectivity index (χ3v) is 7.84. The fourth-order valence-corrected chi connectivity index (χ4v) is 6.10. The van der Waals surface area contributed by atoms with E-state index in [4.69, 9.17) is 0 Å². The van der Waals surface area contributed by atoms with Crippen LogP contribution in [0.25, 0.3) is 0 Å². The summed E-state index contributed by atoms with van der Waals surface area (Å²) >= 11 is 0. The maximum Gasteiger partial charge on any atom is 0.279 e. The third kappa shape index (κ3) is 4.10. The van der Waals surface area contributed by atoms with Gasteiger partial charge in [-0.15, -0.1) is 0 Å². The largest absolute Gasteiger partial charge is 0.333 e. The Balaban J connectivity index is 1.41. The number of hydrogen-bond donors (Lipinski definition) is 1. The minimum atomic E-state index is -3.47. The molecule has 7 nitrogen and oxygen atoms in total. The lowest BCUT2D eigenvalue weighted by molar-refractivity contribution is 0.0502. The molecule has 0 radical (unpaired) electrons. The number of carbonyl (C=O) groups excluding carboxylic acids is 1. The number of piperidine rings is 1. The Hall–Kier alpha value is -1.48. The molecule has 28 heavy (non-hydrogen) atoms. The number of nitrogens with one attached hydrogen (secondary N) is 1. The van der Waals surface area contributed by atoms with Crippen LogP contribution < -0.4 is 4.72 Å². The first-order valence-electron chi connectivity index (χ1n) is 10.3. The normalized spacial score (nSPS) is 31.1. The van der Waals surface area contributed by atoms with Crippen LogP contribution in [-0.4, -0.2) is 79.8 Å². The van der Waals surface area contributed by atoms with Crippen LogP contribution in [0.4, 0.5) is 0 Å². The Kier molecular flexibility index (Phi) is 5.73. The van der Waals surface area contributed by atoms with Crippen LogP contribution in [0, 0.1) is 5.92 Å². The highest BCUT2D eigenvalue weighted by molar-refractivity contribution is 7.87. The number of amides is 1. The highest BCUT2D eigenvalue weighted by Gasteiger charge is 2.41. The van der Waals surface area contributed by atoms with Gasteiger partial charge in [0, 0.05) is 56.9 Å². The standard InChI is InChI=1S/C20H30N4O3S/c1-16-6-5-10-23(13-16)28(26,27)21-12-19-15-24(18-9-11-22(19)14-18)20(25)17-7-3-2-4-8-17/h2-4,7-8,16,18-19,21H,5-6,9-15H2,1H3/t16-,18-,19-/m0/s1. The van der Waals surface area contributed by atoms with Gasteiger partial charge in [-0.3, -0.25) is 9.69 Å². The maximum atomic E-state index is 13.0. The highest BCUT2D eigenvalue weighted by atomic mass is 32.2. The van der Waals surface area contributed by atoms with Gasteiger partial charge < -0.3 is 4.90 Å². The number of benzene rings is 1. The lowest BCUT2D eigenvalue weighted by atomic mass is 10.0. The highest BCUT2D eigenvalue weighted by Crippen LogP contribution is 2.26. The van der Waals surface area contributed by atoms with Crippen LogP contribution in [0.3, 0.4) is 0 Å². The SMILES string of the molecule is C[C@H]1CCCN(S(=O)(=O)NC[C@H]2CN(C(=O)c3ccccc3)[C@H]3CCN2C3)C1. The number of nitrogens with zero attached hydrogens (tertiary/aromatic N) is 3. The molecule has 8 heteroatoms. The Morgan fingerprint density at radius 1 is 1.11 bits per heavy atom. The van der Waals surface area contributed by atoms with Gasteiger partial charge in [-0.1, -0.05) is 25.1 Å². The molecule has 1 aromatic rings. The molecule has 4 rings (SSSR count).